The summed E-state index contributed by atoms with van der Waals surface area (Å²) in [6.45, 7) is 0.381. The molecule has 2 aromatic heterocycles. The molecule has 2 N–H and O–H groups in total. The molecule has 6 nitrogen and oxygen atoms in total. The van der Waals surface area contributed by atoms with Crippen molar-refractivity contribution in [1.82, 2.24) is 20.0 Å². The van der Waals surface area contributed by atoms with Crippen LogP contribution >= 0.6 is 11.6 Å². The van der Waals surface area contributed by atoms with E-state index in [4.69, 9.17) is 11.6 Å². The van der Waals surface area contributed by atoms with E-state index in [1.165, 1.54) is 0 Å². The summed E-state index contributed by atoms with van der Waals surface area (Å²) in [5.41, 5.74) is 2.19. The van der Waals surface area contributed by atoms with E-state index in [2.05, 4.69) is 15.6 Å². The number of rotatable bonds is 6. The molecule has 128 valence electrons. The van der Waals surface area contributed by atoms with Crippen LogP contribution < -0.4 is 10.6 Å². The van der Waals surface area contributed by atoms with Crippen LogP contribution in [0.5, 0.6) is 0 Å². The van der Waals surface area contributed by atoms with Gasteiger partial charge in [-0.2, -0.15) is 0 Å². The zero-order chi connectivity index (χ0) is 17.6. The molecule has 2 heterocycles. The van der Waals surface area contributed by atoms with Gasteiger partial charge in [0, 0.05) is 30.9 Å². The van der Waals surface area contributed by atoms with E-state index in [-0.39, 0.29) is 18.4 Å². The fourth-order valence-corrected chi connectivity index (χ4v) is 2.55. The fourth-order valence-electron chi connectivity index (χ4n) is 2.38. The molecule has 0 radical (unpaired) electrons. The van der Waals surface area contributed by atoms with E-state index in [9.17, 15) is 9.59 Å². The Kier molecular flexibility index (Phi) is 5.30. The van der Waals surface area contributed by atoms with Crippen molar-refractivity contribution in [2.75, 3.05) is 13.1 Å². The van der Waals surface area contributed by atoms with Gasteiger partial charge in [0.15, 0.2) is 0 Å². The normalized spacial score (nSPS) is 10.6. The zero-order valence-electron chi connectivity index (χ0n) is 13.4. The number of imidazole rings is 1. The molecule has 0 bridgehead atoms. The minimum absolute atomic E-state index is 0.0610. The summed E-state index contributed by atoms with van der Waals surface area (Å²) in [6, 6.07) is 12.4. The number of hydrogen-bond acceptors (Lipinski definition) is 3. The second-order valence-corrected chi connectivity index (χ2v) is 5.93. The number of hydrogen-bond donors (Lipinski definition) is 2. The van der Waals surface area contributed by atoms with Crippen LogP contribution in [0.3, 0.4) is 0 Å². The van der Waals surface area contributed by atoms with Gasteiger partial charge in [-0.15, -0.1) is 0 Å². The lowest BCUT2D eigenvalue weighted by atomic mass is 10.2. The minimum atomic E-state index is -0.270. The third-order valence-electron chi connectivity index (χ3n) is 3.61. The second-order valence-electron chi connectivity index (χ2n) is 5.49. The van der Waals surface area contributed by atoms with Crippen LogP contribution in [0.15, 0.2) is 54.9 Å². The second kappa shape index (κ2) is 7.81. The Morgan fingerprint density at radius 3 is 2.64 bits per heavy atom. The van der Waals surface area contributed by atoms with Crippen molar-refractivity contribution in [1.29, 1.82) is 0 Å². The SMILES string of the molecule is O=C(CNC(=O)c1ccccc1)NCCc1cn2cc(Cl)ccc2n1. The third-order valence-corrected chi connectivity index (χ3v) is 3.84. The van der Waals surface area contributed by atoms with Crippen molar-refractivity contribution in [2.45, 2.75) is 6.42 Å². The molecule has 0 aliphatic carbocycles. The van der Waals surface area contributed by atoms with E-state index < -0.39 is 0 Å². The maximum atomic E-state index is 11.9. The number of carbonyl (C=O) groups excluding carboxylic acids is 2. The van der Waals surface area contributed by atoms with Crippen LogP contribution in [0.4, 0.5) is 0 Å². The molecule has 0 saturated carbocycles. The van der Waals surface area contributed by atoms with E-state index in [0.29, 0.717) is 23.6 Å². The average Bonchev–Trinajstić information content (AvgIpc) is 3.02. The summed E-state index contributed by atoms with van der Waals surface area (Å²) in [6.07, 6.45) is 4.26. The largest absolute Gasteiger partial charge is 0.354 e. The van der Waals surface area contributed by atoms with Crippen molar-refractivity contribution in [3.63, 3.8) is 0 Å². The van der Waals surface area contributed by atoms with Crippen molar-refractivity contribution in [2.24, 2.45) is 0 Å². The Balaban J connectivity index is 1.43. The smallest absolute Gasteiger partial charge is 0.251 e. The van der Waals surface area contributed by atoms with Crippen LogP contribution in [-0.4, -0.2) is 34.3 Å². The summed E-state index contributed by atoms with van der Waals surface area (Å²) in [7, 11) is 0. The molecular formula is C18H17ClN4O2. The number of benzene rings is 1. The van der Waals surface area contributed by atoms with Gasteiger partial charge >= 0.3 is 0 Å². The summed E-state index contributed by atoms with van der Waals surface area (Å²) in [5, 5.41) is 5.99. The van der Waals surface area contributed by atoms with E-state index in [0.717, 1.165) is 11.3 Å². The number of carbonyl (C=O) groups is 2. The summed E-state index contributed by atoms with van der Waals surface area (Å²) in [5.74, 6) is -0.510. The average molecular weight is 357 g/mol. The highest BCUT2D eigenvalue weighted by molar-refractivity contribution is 6.30. The monoisotopic (exact) mass is 356 g/mol. The van der Waals surface area contributed by atoms with Crippen LogP contribution in [0.25, 0.3) is 5.65 Å². The third kappa shape index (κ3) is 4.58. The predicted octanol–water partition coefficient (Wildman–Crippen LogP) is 2.08. The van der Waals surface area contributed by atoms with Crippen LogP contribution in [-0.2, 0) is 11.2 Å². The summed E-state index contributed by atoms with van der Waals surface area (Å²) < 4.78 is 1.85. The van der Waals surface area contributed by atoms with Gasteiger partial charge in [0.05, 0.1) is 17.3 Å². The summed E-state index contributed by atoms with van der Waals surface area (Å²) >= 11 is 5.94. The molecular weight excluding hydrogens is 340 g/mol. The molecule has 0 saturated heterocycles. The lowest BCUT2D eigenvalue weighted by Gasteiger charge is -2.06. The Morgan fingerprint density at radius 2 is 1.84 bits per heavy atom. The Bertz CT molecular complexity index is 892. The quantitative estimate of drug-likeness (QED) is 0.710. The highest BCUT2D eigenvalue weighted by atomic mass is 35.5. The van der Waals surface area contributed by atoms with Crippen molar-refractivity contribution in [3.8, 4) is 0 Å². The fraction of sp³-hybridized carbons (Fsp3) is 0.167. The molecule has 0 atom stereocenters. The molecule has 0 unspecified atom stereocenters. The highest BCUT2D eigenvalue weighted by Gasteiger charge is 2.08. The number of halogens is 1. The van der Waals surface area contributed by atoms with E-state index in [1.807, 2.05) is 22.7 Å². The standard InChI is InChI=1S/C18H17ClN4O2/c19-14-6-7-16-22-15(12-23(16)11-14)8-9-20-17(24)10-21-18(25)13-4-2-1-3-5-13/h1-7,11-12H,8-10H2,(H,20,24)(H,21,25). The van der Waals surface area contributed by atoms with Crippen molar-refractivity contribution in [3.05, 3.63) is 71.1 Å². The number of aromatic nitrogens is 2. The Morgan fingerprint density at radius 1 is 1.04 bits per heavy atom. The van der Waals surface area contributed by atoms with Crippen molar-refractivity contribution >= 4 is 29.1 Å². The summed E-state index contributed by atoms with van der Waals surface area (Å²) in [4.78, 5) is 28.1. The topological polar surface area (TPSA) is 75.5 Å². The number of amides is 2. The number of nitrogens with one attached hydrogen (secondary N) is 2. The molecule has 0 aliphatic heterocycles. The van der Waals surface area contributed by atoms with Crippen molar-refractivity contribution < 1.29 is 9.59 Å². The number of pyridine rings is 1. The van der Waals surface area contributed by atoms with Gasteiger partial charge in [0.25, 0.3) is 5.91 Å². The van der Waals surface area contributed by atoms with Gasteiger partial charge < -0.3 is 15.0 Å². The van der Waals surface area contributed by atoms with E-state index >= 15 is 0 Å². The molecule has 3 aromatic rings. The first-order chi connectivity index (χ1) is 12.1. The Hall–Kier alpha value is -2.86. The van der Waals surface area contributed by atoms with E-state index in [1.54, 1.807) is 36.5 Å². The molecule has 25 heavy (non-hydrogen) atoms. The van der Waals surface area contributed by atoms with Crippen LogP contribution in [0.1, 0.15) is 16.1 Å². The van der Waals surface area contributed by atoms with Gasteiger partial charge in [-0.3, -0.25) is 9.59 Å². The zero-order valence-corrected chi connectivity index (χ0v) is 14.2. The lowest BCUT2D eigenvalue weighted by Crippen LogP contribution is -2.37. The molecule has 7 heteroatoms. The minimum Gasteiger partial charge on any atom is -0.354 e. The van der Waals surface area contributed by atoms with Crippen LogP contribution in [0.2, 0.25) is 5.02 Å². The number of fused-ring (bicyclic) bond motifs is 1. The van der Waals surface area contributed by atoms with Gasteiger partial charge in [-0.1, -0.05) is 29.8 Å². The molecule has 0 aliphatic rings. The first-order valence-corrected chi connectivity index (χ1v) is 8.23. The maximum absolute atomic E-state index is 11.9. The van der Waals surface area contributed by atoms with Gasteiger partial charge in [-0.05, 0) is 24.3 Å². The van der Waals surface area contributed by atoms with Gasteiger partial charge in [0.1, 0.15) is 5.65 Å². The molecule has 0 spiro atoms. The molecule has 3 rings (SSSR count). The predicted molar refractivity (Wildman–Crippen MR) is 95.7 cm³/mol. The molecule has 0 fully saturated rings. The van der Waals surface area contributed by atoms with Gasteiger partial charge in [0.2, 0.25) is 5.91 Å². The number of nitrogens with zero attached hydrogens (tertiary/aromatic N) is 2. The first kappa shape index (κ1) is 17.0. The van der Waals surface area contributed by atoms with Crippen LogP contribution in [0, 0.1) is 0 Å². The van der Waals surface area contributed by atoms with Gasteiger partial charge in [-0.25, -0.2) is 4.98 Å². The first-order valence-electron chi connectivity index (χ1n) is 7.85. The Labute approximate surface area is 149 Å². The highest BCUT2D eigenvalue weighted by Crippen LogP contribution is 2.11. The lowest BCUT2D eigenvalue weighted by molar-refractivity contribution is -0.120. The molecule has 1 aromatic carbocycles. The maximum Gasteiger partial charge on any atom is 0.251 e. The molecule has 2 amide bonds.